The van der Waals surface area contributed by atoms with E-state index in [1.807, 2.05) is 6.07 Å². The number of nitrogen functional groups attached to an aromatic ring is 1. The first kappa shape index (κ1) is 12.4. The van der Waals surface area contributed by atoms with E-state index in [0.29, 0.717) is 0 Å². The largest absolute Gasteiger partial charge is 0.398 e. The van der Waals surface area contributed by atoms with Crippen LogP contribution in [0.3, 0.4) is 0 Å². The van der Waals surface area contributed by atoms with Gasteiger partial charge in [-0.1, -0.05) is 17.7 Å². The number of hydrogen-bond donors (Lipinski definition) is 1. The van der Waals surface area contributed by atoms with Gasteiger partial charge in [-0.2, -0.15) is 0 Å². The molecule has 0 aromatic heterocycles. The van der Waals surface area contributed by atoms with Crippen LogP contribution in [0, 0.1) is 6.92 Å². The van der Waals surface area contributed by atoms with Crippen molar-refractivity contribution in [3.8, 4) is 0 Å². The van der Waals surface area contributed by atoms with Gasteiger partial charge in [-0.05, 0) is 31.4 Å². The van der Waals surface area contributed by atoms with Crippen LogP contribution in [0.1, 0.15) is 24.0 Å². The highest BCUT2D eigenvalue weighted by atomic mass is 16.5. The van der Waals surface area contributed by atoms with Gasteiger partial charge in [-0.15, -0.1) is 0 Å². The van der Waals surface area contributed by atoms with Crippen LogP contribution in [0.25, 0.3) is 0 Å². The Morgan fingerprint density at radius 3 is 2.82 bits per heavy atom. The number of nitrogens with zero attached hydrogens (tertiary/aromatic N) is 1. The maximum Gasteiger partial charge on any atom is 0.0589 e. The molecule has 1 aromatic carbocycles. The van der Waals surface area contributed by atoms with E-state index in [0.717, 1.165) is 31.4 Å². The molecule has 1 aliphatic rings. The third kappa shape index (κ3) is 3.45. The standard InChI is InChI=1S/C14H22N2O/c1-11-3-6-14(15)12(9-11)10-16(7-8-17-2)13-4-5-13/h3,6,9,13H,4-5,7-8,10,15H2,1-2H3. The molecule has 0 spiro atoms. The smallest absolute Gasteiger partial charge is 0.0589 e. The molecular weight excluding hydrogens is 212 g/mol. The zero-order valence-corrected chi connectivity index (χ0v) is 10.8. The molecule has 94 valence electrons. The molecule has 1 saturated carbocycles. The number of anilines is 1. The van der Waals surface area contributed by atoms with Gasteiger partial charge in [0.1, 0.15) is 0 Å². The predicted molar refractivity (Wildman–Crippen MR) is 70.9 cm³/mol. The second-order valence-corrected chi connectivity index (χ2v) is 4.90. The van der Waals surface area contributed by atoms with Crippen LogP contribution in [0.4, 0.5) is 5.69 Å². The zero-order valence-electron chi connectivity index (χ0n) is 10.8. The van der Waals surface area contributed by atoms with Gasteiger partial charge in [-0.3, -0.25) is 4.90 Å². The van der Waals surface area contributed by atoms with E-state index >= 15 is 0 Å². The lowest BCUT2D eigenvalue weighted by atomic mass is 10.1. The van der Waals surface area contributed by atoms with Gasteiger partial charge in [0.2, 0.25) is 0 Å². The summed E-state index contributed by atoms with van der Waals surface area (Å²) in [5, 5.41) is 0. The fourth-order valence-corrected chi connectivity index (χ4v) is 2.13. The van der Waals surface area contributed by atoms with Crippen molar-refractivity contribution in [1.82, 2.24) is 4.90 Å². The molecule has 1 aliphatic carbocycles. The molecule has 0 saturated heterocycles. The van der Waals surface area contributed by atoms with Crippen LogP contribution in [-0.4, -0.2) is 31.2 Å². The molecule has 17 heavy (non-hydrogen) atoms. The SMILES string of the molecule is COCCN(Cc1cc(C)ccc1N)C1CC1. The molecule has 3 nitrogen and oxygen atoms in total. The number of hydrogen-bond acceptors (Lipinski definition) is 3. The van der Waals surface area contributed by atoms with Gasteiger partial charge in [-0.25, -0.2) is 0 Å². The van der Waals surface area contributed by atoms with Crippen LogP contribution in [0.5, 0.6) is 0 Å². The van der Waals surface area contributed by atoms with Crippen molar-refractivity contribution in [3.63, 3.8) is 0 Å². The first-order chi connectivity index (χ1) is 8.20. The van der Waals surface area contributed by atoms with Gasteiger partial charge in [0.25, 0.3) is 0 Å². The summed E-state index contributed by atoms with van der Waals surface area (Å²) in [5.74, 6) is 0. The summed E-state index contributed by atoms with van der Waals surface area (Å²) in [6.07, 6.45) is 2.63. The Hall–Kier alpha value is -1.06. The van der Waals surface area contributed by atoms with E-state index < -0.39 is 0 Å². The second-order valence-electron chi connectivity index (χ2n) is 4.90. The highest BCUT2D eigenvalue weighted by molar-refractivity contribution is 5.48. The molecule has 0 radical (unpaired) electrons. The number of benzene rings is 1. The lowest BCUT2D eigenvalue weighted by molar-refractivity contribution is 0.140. The zero-order chi connectivity index (χ0) is 12.3. The normalized spacial score (nSPS) is 15.5. The number of ether oxygens (including phenoxy) is 1. The van der Waals surface area contributed by atoms with Gasteiger partial charge in [0, 0.05) is 31.9 Å². The van der Waals surface area contributed by atoms with Gasteiger partial charge >= 0.3 is 0 Å². The number of rotatable bonds is 6. The number of nitrogens with two attached hydrogens (primary N) is 1. The van der Waals surface area contributed by atoms with E-state index in [-0.39, 0.29) is 0 Å². The van der Waals surface area contributed by atoms with E-state index in [2.05, 4.69) is 24.0 Å². The fraction of sp³-hybridized carbons (Fsp3) is 0.571. The quantitative estimate of drug-likeness (QED) is 0.767. The molecular formula is C14H22N2O. The van der Waals surface area contributed by atoms with Crippen molar-refractivity contribution in [1.29, 1.82) is 0 Å². The molecule has 1 fully saturated rings. The van der Waals surface area contributed by atoms with E-state index in [1.54, 1.807) is 7.11 Å². The van der Waals surface area contributed by atoms with Gasteiger partial charge in [0.05, 0.1) is 6.61 Å². The Labute approximate surface area is 104 Å². The van der Waals surface area contributed by atoms with Crippen LogP contribution in [0.2, 0.25) is 0 Å². The van der Waals surface area contributed by atoms with E-state index in [4.69, 9.17) is 10.5 Å². The molecule has 1 aromatic rings. The maximum absolute atomic E-state index is 6.03. The molecule has 2 N–H and O–H groups in total. The topological polar surface area (TPSA) is 38.5 Å². The summed E-state index contributed by atoms with van der Waals surface area (Å²) < 4.78 is 5.17. The minimum absolute atomic E-state index is 0.741. The van der Waals surface area contributed by atoms with Crippen molar-refractivity contribution < 1.29 is 4.74 Å². The van der Waals surface area contributed by atoms with Crippen LogP contribution < -0.4 is 5.73 Å². The third-order valence-electron chi connectivity index (χ3n) is 3.32. The Morgan fingerprint density at radius 1 is 1.41 bits per heavy atom. The van der Waals surface area contributed by atoms with E-state index in [9.17, 15) is 0 Å². The molecule has 0 heterocycles. The molecule has 0 bridgehead atoms. The van der Waals surface area contributed by atoms with Crippen molar-refractivity contribution in [3.05, 3.63) is 29.3 Å². The molecule has 2 rings (SSSR count). The molecule has 0 amide bonds. The fourth-order valence-electron chi connectivity index (χ4n) is 2.13. The lowest BCUT2D eigenvalue weighted by Gasteiger charge is -2.22. The summed E-state index contributed by atoms with van der Waals surface area (Å²) in [5.41, 5.74) is 9.45. The predicted octanol–water partition coefficient (Wildman–Crippen LogP) is 2.19. The second kappa shape index (κ2) is 5.52. The Kier molecular flexibility index (Phi) is 4.02. The lowest BCUT2D eigenvalue weighted by Crippen LogP contribution is -2.29. The Morgan fingerprint density at radius 2 is 2.18 bits per heavy atom. The van der Waals surface area contributed by atoms with Gasteiger partial charge < -0.3 is 10.5 Å². The molecule has 0 aliphatic heterocycles. The van der Waals surface area contributed by atoms with E-state index in [1.165, 1.54) is 24.0 Å². The average Bonchev–Trinajstić information content (AvgIpc) is 3.13. The summed E-state index contributed by atoms with van der Waals surface area (Å²) in [6, 6.07) is 7.00. The van der Waals surface area contributed by atoms with Crippen LogP contribution in [0.15, 0.2) is 18.2 Å². The average molecular weight is 234 g/mol. The monoisotopic (exact) mass is 234 g/mol. The molecule has 3 heteroatoms. The van der Waals surface area contributed by atoms with Crippen molar-refractivity contribution in [2.24, 2.45) is 0 Å². The Balaban J connectivity index is 2.03. The summed E-state index contributed by atoms with van der Waals surface area (Å²) in [7, 11) is 1.76. The number of aryl methyl sites for hydroxylation is 1. The highest BCUT2D eigenvalue weighted by Gasteiger charge is 2.28. The summed E-state index contributed by atoms with van der Waals surface area (Å²) in [6.45, 7) is 4.85. The number of methoxy groups -OCH3 is 1. The van der Waals surface area contributed by atoms with Crippen LogP contribution >= 0.6 is 0 Å². The van der Waals surface area contributed by atoms with Crippen molar-refractivity contribution >= 4 is 5.69 Å². The maximum atomic E-state index is 6.03. The third-order valence-corrected chi connectivity index (χ3v) is 3.32. The summed E-state index contributed by atoms with van der Waals surface area (Å²) in [4.78, 5) is 2.48. The van der Waals surface area contributed by atoms with Crippen molar-refractivity contribution in [2.45, 2.75) is 32.4 Å². The molecule has 0 atom stereocenters. The van der Waals surface area contributed by atoms with Gasteiger partial charge in [0.15, 0.2) is 0 Å². The first-order valence-electron chi connectivity index (χ1n) is 6.28. The minimum Gasteiger partial charge on any atom is -0.398 e. The van der Waals surface area contributed by atoms with Crippen molar-refractivity contribution in [2.75, 3.05) is 26.0 Å². The Bertz CT molecular complexity index is 374. The van der Waals surface area contributed by atoms with Crippen LogP contribution in [-0.2, 0) is 11.3 Å². The highest BCUT2D eigenvalue weighted by Crippen LogP contribution is 2.29. The first-order valence-corrected chi connectivity index (χ1v) is 6.28. The summed E-state index contributed by atoms with van der Waals surface area (Å²) >= 11 is 0. The molecule has 0 unspecified atom stereocenters. The minimum atomic E-state index is 0.741.